The maximum atomic E-state index is 11.6. The second-order valence-corrected chi connectivity index (χ2v) is 5.00. The lowest BCUT2D eigenvalue weighted by Crippen LogP contribution is -2.39. The topological polar surface area (TPSA) is 100 Å². The van der Waals surface area contributed by atoms with Gasteiger partial charge in [-0.2, -0.15) is 0 Å². The van der Waals surface area contributed by atoms with Crippen molar-refractivity contribution in [2.75, 3.05) is 13.7 Å². The zero-order chi connectivity index (χ0) is 16.7. The number of aryl methyl sites for hydroxylation is 1. The lowest BCUT2D eigenvalue weighted by molar-refractivity contribution is -0.148. The summed E-state index contributed by atoms with van der Waals surface area (Å²) >= 11 is 0. The number of ether oxygens (including phenoxy) is 1. The van der Waals surface area contributed by atoms with Crippen LogP contribution in [0.15, 0.2) is 30.5 Å². The summed E-state index contributed by atoms with van der Waals surface area (Å²) in [4.78, 5) is 36.9. The molecule has 0 radical (unpaired) electrons. The number of aromatic nitrogens is 1. The van der Waals surface area contributed by atoms with Crippen LogP contribution in [0.1, 0.15) is 18.4 Å². The summed E-state index contributed by atoms with van der Waals surface area (Å²) in [5.41, 5.74) is 2.21. The second kappa shape index (κ2) is 7.98. The molecular weight excluding hydrogens is 298 g/mol. The van der Waals surface area contributed by atoms with Crippen LogP contribution in [-0.2, 0) is 20.7 Å². The Bertz CT molecular complexity index is 708. The predicted molar refractivity (Wildman–Crippen MR) is 84.8 cm³/mol. The molecule has 0 aliphatic heterocycles. The summed E-state index contributed by atoms with van der Waals surface area (Å²) in [7, 11) is 1.39. The van der Waals surface area contributed by atoms with Gasteiger partial charge < -0.3 is 15.0 Å². The average Bonchev–Trinajstić information content (AvgIpc) is 2.96. The molecule has 3 N–H and O–H groups in total. The van der Waals surface area contributed by atoms with Gasteiger partial charge in [0.2, 0.25) is 0 Å². The maximum Gasteiger partial charge on any atom is 0.321 e. The van der Waals surface area contributed by atoms with E-state index in [1.807, 2.05) is 35.8 Å². The molecule has 0 aliphatic carbocycles. The Labute approximate surface area is 133 Å². The Hall–Kier alpha value is -2.83. The number of carbonyl (C=O) groups is 3. The highest BCUT2D eigenvalue weighted by molar-refractivity contribution is 5.95. The summed E-state index contributed by atoms with van der Waals surface area (Å²) in [6.07, 6.45) is 3.51. The first-order valence-electron chi connectivity index (χ1n) is 7.32. The number of benzene rings is 1. The predicted octanol–water partition coefficient (Wildman–Crippen LogP) is 1.49. The minimum atomic E-state index is -0.658. The van der Waals surface area contributed by atoms with Gasteiger partial charge in [0.25, 0.3) is 5.91 Å². The van der Waals surface area contributed by atoms with E-state index < -0.39 is 24.5 Å². The molecule has 2 rings (SSSR count). The number of H-pyrrole nitrogens is 1. The second-order valence-electron chi connectivity index (χ2n) is 5.00. The summed E-state index contributed by atoms with van der Waals surface area (Å²) < 4.78 is 4.82. The fourth-order valence-corrected chi connectivity index (χ4v) is 2.21. The summed E-state index contributed by atoms with van der Waals surface area (Å²) in [5.74, 6) is -1.12. The fraction of sp³-hybridized carbons (Fsp3) is 0.312. The molecule has 0 aliphatic rings. The number of fused-ring (bicyclic) bond motifs is 1. The third-order valence-corrected chi connectivity index (χ3v) is 3.35. The zero-order valence-electron chi connectivity index (χ0n) is 12.8. The van der Waals surface area contributed by atoms with E-state index in [1.54, 1.807) is 0 Å². The number of nitrogens with one attached hydrogen (secondary N) is 3. The number of hydrogen-bond donors (Lipinski definition) is 3. The molecular formula is C16H19N3O4. The number of aromatic amines is 1. The number of para-hydroxylation sites is 1. The minimum Gasteiger partial charge on any atom is -0.456 e. The van der Waals surface area contributed by atoms with Crippen LogP contribution in [0.5, 0.6) is 0 Å². The highest BCUT2D eigenvalue weighted by atomic mass is 16.5. The first-order chi connectivity index (χ1) is 11.1. The maximum absolute atomic E-state index is 11.6. The van der Waals surface area contributed by atoms with Gasteiger partial charge in [-0.25, -0.2) is 4.79 Å². The molecule has 0 atom stereocenters. The minimum absolute atomic E-state index is 0.215. The molecule has 1 aromatic carbocycles. The van der Waals surface area contributed by atoms with Crippen LogP contribution in [0.25, 0.3) is 10.9 Å². The van der Waals surface area contributed by atoms with Gasteiger partial charge >= 0.3 is 12.0 Å². The SMILES string of the molecule is CNC(=O)NC(=O)COC(=O)CCCc1c[nH]c2ccccc12. The van der Waals surface area contributed by atoms with Gasteiger partial charge in [-0.3, -0.25) is 14.9 Å². The van der Waals surface area contributed by atoms with Gasteiger partial charge in [0.05, 0.1) is 0 Å². The van der Waals surface area contributed by atoms with Crippen LogP contribution < -0.4 is 10.6 Å². The van der Waals surface area contributed by atoms with Crippen molar-refractivity contribution < 1.29 is 19.1 Å². The van der Waals surface area contributed by atoms with E-state index in [0.717, 1.165) is 22.9 Å². The number of amides is 3. The average molecular weight is 317 g/mol. The molecule has 7 heteroatoms. The Morgan fingerprint density at radius 2 is 2.00 bits per heavy atom. The Kier molecular flexibility index (Phi) is 5.74. The van der Waals surface area contributed by atoms with Crippen molar-refractivity contribution in [3.63, 3.8) is 0 Å². The van der Waals surface area contributed by atoms with Gasteiger partial charge in [0, 0.05) is 30.6 Å². The molecule has 0 fully saturated rings. The van der Waals surface area contributed by atoms with Crippen molar-refractivity contribution in [2.24, 2.45) is 0 Å². The van der Waals surface area contributed by atoms with Crippen LogP contribution in [0, 0.1) is 0 Å². The summed E-state index contributed by atoms with van der Waals surface area (Å²) in [5, 5.41) is 5.39. The van der Waals surface area contributed by atoms with Crippen molar-refractivity contribution in [1.82, 2.24) is 15.6 Å². The summed E-state index contributed by atoms with van der Waals surface area (Å²) in [6, 6.07) is 7.33. The molecule has 0 saturated heterocycles. The molecule has 0 unspecified atom stereocenters. The highest BCUT2D eigenvalue weighted by Gasteiger charge is 2.10. The molecule has 3 amide bonds. The summed E-state index contributed by atoms with van der Waals surface area (Å²) in [6.45, 7) is -0.459. The van der Waals surface area contributed by atoms with Crippen molar-refractivity contribution in [3.8, 4) is 0 Å². The first kappa shape index (κ1) is 16.5. The standard InChI is InChI=1S/C16H19N3O4/c1-17-16(22)19-14(20)10-23-15(21)8-4-5-11-9-18-13-7-3-2-6-12(11)13/h2-3,6-7,9,18H,4-5,8,10H2,1H3,(H2,17,19,20,22). The number of esters is 1. The Morgan fingerprint density at radius 1 is 1.22 bits per heavy atom. The van der Waals surface area contributed by atoms with Crippen molar-refractivity contribution in [3.05, 3.63) is 36.0 Å². The van der Waals surface area contributed by atoms with Crippen molar-refractivity contribution >= 4 is 28.8 Å². The normalized spacial score (nSPS) is 10.3. The van der Waals surface area contributed by atoms with Gasteiger partial charge in [-0.05, 0) is 24.5 Å². The number of carbonyl (C=O) groups excluding carboxylic acids is 3. The van der Waals surface area contributed by atoms with E-state index in [0.29, 0.717) is 6.42 Å². The van der Waals surface area contributed by atoms with Crippen LogP contribution >= 0.6 is 0 Å². The van der Waals surface area contributed by atoms with Crippen LogP contribution in [0.3, 0.4) is 0 Å². The van der Waals surface area contributed by atoms with E-state index in [2.05, 4.69) is 10.3 Å². The third kappa shape index (κ3) is 4.84. The van der Waals surface area contributed by atoms with Crippen LogP contribution in [-0.4, -0.2) is 36.5 Å². The molecule has 122 valence electrons. The van der Waals surface area contributed by atoms with Gasteiger partial charge in [0.1, 0.15) is 0 Å². The lowest BCUT2D eigenvalue weighted by atomic mass is 10.1. The Morgan fingerprint density at radius 3 is 2.78 bits per heavy atom. The van der Waals surface area contributed by atoms with Crippen molar-refractivity contribution in [1.29, 1.82) is 0 Å². The number of hydrogen-bond acceptors (Lipinski definition) is 4. The molecule has 23 heavy (non-hydrogen) atoms. The van der Waals surface area contributed by atoms with Crippen LogP contribution in [0.4, 0.5) is 4.79 Å². The quantitative estimate of drug-likeness (QED) is 0.703. The number of imide groups is 1. The third-order valence-electron chi connectivity index (χ3n) is 3.35. The molecule has 0 bridgehead atoms. The smallest absolute Gasteiger partial charge is 0.321 e. The molecule has 1 heterocycles. The van der Waals surface area contributed by atoms with Gasteiger partial charge in [-0.15, -0.1) is 0 Å². The number of urea groups is 1. The largest absolute Gasteiger partial charge is 0.456 e. The van der Waals surface area contributed by atoms with Gasteiger partial charge in [0.15, 0.2) is 6.61 Å². The fourth-order valence-electron chi connectivity index (χ4n) is 2.21. The van der Waals surface area contributed by atoms with E-state index in [9.17, 15) is 14.4 Å². The Balaban J connectivity index is 1.71. The first-order valence-corrected chi connectivity index (χ1v) is 7.32. The molecule has 1 aromatic heterocycles. The lowest BCUT2D eigenvalue weighted by Gasteiger charge is -2.05. The van der Waals surface area contributed by atoms with Gasteiger partial charge in [-0.1, -0.05) is 18.2 Å². The zero-order valence-corrected chi connectivity index (χ0v) is 12.8. The molecule has 0 spiro atoms. The molecule has 0 saturated carbocycles. The monoisotopic (exact) mass is 317 g/mol. The molecule has 2 aromatic rings. The van der Waals surface area contributed by atoms with E-state index in [1.165, 1.54) is 7.05 Å². The van der Waals surface area contributed by atoms with Crippen LogP contribution in [0.2, 0.25) is 0 Å². The molecule has 7 nitrogen and oxygen atoms in total. The number of rotatable bonds is 6. The highest BCUT2D eigenvalue weighted by Crippen LogP contribution is 2.19. The van der Waals surface area contributed by atoms with E-state index in [4.69, 9.17) is 4.74 Å². The van der Waals surface area contributed by atoms with E-state index in [-0.39, 0.29) is 6.42 Å². The van der Waals surface area contributed by atoms with Crippen molar-refractivity contribution in [2.45, 2.75) is 19.3 Å². The van der Waals surface area contributed by atoms with E-state index >= 15 is 0 Å².